The maximum atomic E-state index is 12.2. The SMILES string of the molecule is CC(C)(C)OC(=O)C1CCNC2CCCCC21. The fourth-order valence-electron chi connectivity index (χ4n) is 3.20. The molecule has 3 unspecified atom stereocenters. The highest BCUT2D eigenvalue weighted by Crippen LogP contribution is 2.36. The van der Waals surface area contributed by atoms with Crippen LogP contribution in [-0.2, 0) is 9.53 Å². The Labute approximate surface area is 104 Å². The zero-order valence-electron chi connectivity index (χ0n) is 11.3. The Morgan fingerprint density at radius 3 is 2.59 bits per heavy atom. The van der Waals surface area contributed by atoms with Crippen LogP contribution in [0.3, 0.4) is 0 Å². The molecule has 2 aliphatic rings. The van der Waals surface area contributed by atoms with Crippen molar-refractivity contribution in [3.05, 3.63) is 0 Å². The zero-order valence-corrected chi connectivity index (χ0v) is 11.3. The Kier molecular flexibility index (Phi) is 3.76. The van der Waals surface area contributed by atoms with Crippen molar-refractivity contribution >= 4 is 5.97 Å². The minimum atomic E-state index is -0.355. The van der Waals surface area contributed by atoms with E-state index in [1.54, 1.807) is 0 Å². The minimum absolute atomic E-state index is 0.0240. The Bertz CT molecular complexity index is 280. The molecule has 0 aromatic rings. The van der Waals surface area contributed by atoms with E-state index in [0.29, 0.717) is 12.0 Å². The second-order valence-electron chi connectivity index (χ2n) is 6.44. The Hall–Kier alpha value is -0.570. The first-order valence-electron chi connectivity index (χ1n) is 6.93. The monoisotopic (exact) mass is 239 g/mol. The lowest BCUT2D eigenvalue weighted by molar-refractivity contribution is -0.164. The number of esters is 1. The van der Waals surface area contributed by atoms with Gasteiger partial charge in [0.15, 0.2) is 0 Å². The van der Waals surface area contributed by atoms with Crippen LogP contribution in [0.15, 0.2) is 0 Å². The summed E-state index contributed by atoms with van der Waals surface area (Å²) in [5, 5.41) is 3.56. The van der Waals surface area contributed by atoms with Gasteiger partial charge in [0.1, 0.15) is 5.60 Å². The lowest BCUT2D eigenvalue weighted by Gasteiger charge is -2.41. The smallest absolute Gasteiger partial charge is 0.309 e. The second-order valence-corrected chi connectivity index (χ2v) is 6.44. The van der Waals surface area contributed by atoms with Gasteiger partial charge in [-0.05, 0) is 52.5 Å². The molecule has 0 bridgehead atoms. The second kappa shape index (κ2) is 4.97. The van der Waals surface area contributed by atoms with E-state index in [1.807, 2.05) is 20.8 Å². The van der Waals surface area contributed by atoms with E-state index in [-0.39, 0.29) is 17.5 Å². The summed E-state index contributed by atoms with van der Waals surface area (Å²) in [4.78, 5) is 12.2. The lowest BCUT2D eigenvalue weighted by Crippen LogP contribution is -2.50. The molecule has 98 valence electrons. The van der Waals surface area contributed by atoms with Crippen LogP contribution in [0.1, 0.15) is 52.9 Å². The standard InChI is InChI=1S/C14H25NO2/c1-14(2,3)17-13(16)11-8-9-15-12-7-5-4-6-10(11)12/h10-12,15H,4-9H2,1-3H3. The number of rotatable bonds is 1. The van der Waals surface area contributed by atoms with Crippen molar-refractivity contribution in [2.45, 2.75) is 64.5 Å². The average molecular weight is 239 g/mol. The van der Waals surface area contributed by atoms with Gasteiger partial charge in [0.05, 0.1) is 5.92 Å². The highest BCUT2D eigenvalue weighted by molar-refractivity contribution is 5.73. The molecule has 0 spiro atoms. The third-order valence-corrected chi connectivity index (χ3v) is 3.91. The maximum absolute atomic E-state index is 12.2. The van der Waals surface area contributed by atoms with Gasteiger partial charge in [0.2, 0.25) is 0 Å². The third-order valence-electron chi connectivity index (χ3n) is 3.91. The quantitative estimate of drug-likeness (QED) is 0.714. The van der Waals surface area contributed by atoms with Crippen LogP contribution in [0.4, 0.5) is 0 Å². The van der Waals surface area contributed by atoms with Crippen LogP contribution in [0.25, 0.3) is 0 Å². The summed E-state index contributed by atoms with van der Waals surface area (Å²) in [6.45, 7) is 6.81. The van der Waals surface area contributed by atoms with Gasteiger partial charge in [-0.1, -0.05) is 12.8 Å². The van der Waals surface area contributed by atoms with Crippen LogP contribution in [0.5, 0.6) is 0 Å². The molecule has 1 saturated heterocycles. The molecule has 1 aliphatic carbocycles. The number of carbonyl (C=O) groups excluding carboxylic acids is 1. The average Bonchev–Trinajstić information content (AvgIpc) is 2.26. The van der Waals surface area contributed by atoms with Gasteiger partial charge < -0.3 is 10.1 Å². The Morgan fingerprint density at radius 2 is 1.88 bits per heavy atom. The first-order chi connectivity index (χ1) is 7.97. The number of nitrogens with one attached hydrogen (secondary N) is 1. The van der Waals surface area contributed by atoms with Crippen LogP contribution >= 0.6 is 0 Å². The van der Waals surface area contributed by atoms with Gasteiger partial charge in [-0.15, -0.1) is 0 Å². The maximum Gasteiger partial charge on any atom is 0.309 e. The molecule has 17 heavy (non-hydrogen) atoms. The van der Waals surface area contributed by atoms with Gasteiger partial charge in [-0.25, -0.2) is 0 Å². The highest BCUT2D eigenvalue weighted by Gasteiger charge is 2.40. The van der Waals surface area contributed by atoms with E-state index in [9.17, 15) is 4.79 Å². The van der Waals surface area contributed by atoms with Gasteiger partial charge in [0.25, 0.3) is 0 Å². The van der Waals surface area contributed by atoms with Crippen LogP contribution in [0, 0.1) is 11.8 Å². The summed E-state index contributed by atoms with van der Waals surface area (Å²) in [5.41, 5.74) is -0.355. The minimum Gasteiger partial charge on any atom is -0.460 e. The molecule has 1 aliphatic heterocycles. The molecule has 1 N–H and O–H groups in total. The molecule has 3 nitrogen and oxygen atoms in total. The molecule has 0 amide bonds. The van der Waals surface area contributed by atoms with E-state index < -0.39 is 0 Å². The number of fused-ring (bicyclic) bond motifs is 1. The predicted molar refractivity (Wildman–Crippen MR) is 67.7 cm³/mol. The normalized spacial score (nSPS) is 33.9. The highest BCUT2D eigenvalue weighted by atomic mass is 16.6. The molecule has 3 atom stereocenters. The number of hydrogen-bond acceptors (Lipinski definition) is 3. The summed E-state index contributed by atoms with van der Waals surface area (Å²) in [6, 6.07) is 0.551. The largest absolute Gasteiger partial charge is 0.460 e. The molecule has 3 heteroatoms. The van der Waals surface area contributed by atoms with Gasteiger partial charge in [-0.3, -0.25) is 4.79 Å². The molecular weight excluding hydrogens is 214 g/mol. The number of ether oxygens (including phenoxy) is 1. The molecule has 0 radical (unpaired) electrons. The van der Waals surface area contributed by atoms with Gasteiger partial charge in [0, 0.05) is 6.04 Å². The van der Waals surface area contributed by atoms with Crippen molar-refractivity contribution in [3.8, 4) is 0 Å². The molecule has 0 aromatic carbocycles. The van der Waals surface area contributed by atoms with Crippen molar-refractivity contribution in [1.29, 1.82) is 0 Å². The van der Waals surface area contributed by atoms with Gasteiger partial charge in [-0.2, -0.15) is 0 Å². The van der Waals surface area contributed by atoms with Crippen LogP contribution in [0.2, 0.25) is 0 Å². The fraction of sp³-hybridized carbons (Fsp3) is 0.929. The molecule has 2 rings (SSSR count). The molecule has 1 saturated carbocycles. The van der Waals surface area contributed by atoms with Crippen molar-refractivity contribution in [3.63, 3.8) is 0 Å². The lowest BCUT2D eigenvalue weighted by atomic mass is 9.73. The summed E-state index contributed by atoms with van der Waals surface area (Å²) in [7, 11) is 0. The topological polar surface area (TPSA) is 38.3 Å². The molecule has 2 fully saturated rings. The zero-order chi connectivity index (χ0) is 12.5. The summed E-state index contributed by atoms with van der Waals surface area (Å²) >= 11 is 0. The van der Waals surface area contributed by atoms with Crippen molar-refractivity contribution < 1.29 is 9.53 Å². The number of carbonyl (C=O) groups is 1. The molecular formula is C14H25NO2. The van der Waals surface area contributed by atoms with E-state index in [4.69, 9.17) is 4.74 Å². The van der Waals surface area contributed by atoms with Crippen LogP contribution in [-0.4, -0.2) is 24.2 Å². The van der Waals surface area contributed by atoms with Crippen molar-refractivity contribution in [1.82, 2.24) is 5.32 Å². The van der Waals surface area contributed by atoms with Gasteiger partial charge >= 0.3 is 5.97 Å². The van der Waals surface area contributed by atoms with E-state index >= 15 is 0 Å². The predicted octanol–water partition coefficient (Wildman–Crippen LogP) is 2.50. The first-order valence-corrected chi connectivity index (χ1v) is 6.93. The third kappa shape index (κ3) is 3.21. The van der Waals surface area contributed by atoms with E-state index in [2.05, 4.69) is 5.32 Å². The summed E-state index contributed by atoms with van der Waals surface area (Å²) in [6.07, 6.45) is 5.92. The van der Waals surface area contributed by atoms with E-state index in [0.717, 1.165) is 13.0 Å². The summed E-state index contributed by atoms with van der Waals surface area (Å²) < 4.78 is 5.56. The molecule has 0 aromatic heterocycles. The van der Waals surface area contributed by atoms with Crippen LogP contribution < -0.4 is 5.32 Å². The van der Waals surface area contributed by atoms with E-state index in [1.165, 1.54) is 25.7 Å². The number of hydrogen-bond donors (Lipinski definition) is 1. The molecule has 1 heterocycles. The van der Waals surface area contributed by atoms with Crippen molar-refractivity contribution in [2.75, 3.05) is 6.54 Å². The fourth-order valence-corrected chi connectivity index (χ4v) is 3.20. The van der Waals surface area contributed by atoms with Crippen molar-refractivity contribution in [2.24, 2.45) is 11.8 Å². The number of piperidine rings is 1. The summed E-state index contributed by atoms with van der Waals surface area (Å²) in [5.74, 6) is 0.657. The first kappa shape index (κ1) is 12.9. The Balaban J connectivity index is 2.01. The Morgan fingerprint density at radius 1 is 1.18 bits per heavy atom.